The van der Waals surface area contributed by atoms with Gasteiger partial charge in [0, 0.05) is 32.4 Å². The molecular weight excluding hydrogens is 340 g/mol. The summed E-state index contributed by atoms with van der Waals surface area (Å²) in [5.41, 5.74) is 2.58. The molecule has 0 saturated heterocycles. The Hall–Kier alpha value is -2.05. The highest BCUT2D eigenvalue weighted by atomic mass is 16.7. The van der Waals surface area contributed by atoms with Crippen LogP contribution >= 0.6 is 0 Å². The second-order valence-electron chi connectivity index (χ2n) is 7.54. The molecule has 3 heterocycles. The fourth-order valence-electron chi connectivity index (χ4n) is 4.13. The predicted octanol–water partition coefficient (Wildman–Crippen LogP) is 2.98. The summed E-state index contributed by atoms with van der Waals surface area (Å²) in [5.74, 6) is 2.33. The fraction of sp³-hybridized carbons (Fsp3) is 0.571. The molecule has 0 bridgehead atoms. The smallest absolute Gasteiger partial charge is 0.231 e. The average Bonchev–Trinajstić information content (AvgIpc) is 3.28. The average molecular weight is 370 g/mol. The van der Waals surface area contributed by atoms with E-state index in [9.17, 15) is 0 Å². The molecule has 0 amide bonds. The normalized spacial score (nSPS) is 19.3. The van der Waals surface area contributed by atoms with Crippen molar-refractivity contribution in [3.63, 3.8) is 0 Å². The lowest BCUT2D eigenvalue weighted by Crippen LogP contribution is -2.31. The van der Waals surface area contributed by atoms with Crippen LogP contribution < -0.4 is 9.47 Å². The zero-order valence-corrected chi connectivity index (χ0v) is 16.4. The van der Waals surface area contributed by atoms with Gasteiger partial charge in [-0.25, -0.2) is 0 Å². The molecule has 1 aromatic carbocycles. The van der Waals surface area contributed by atoms with Crippen molar-refractivity contribution >= 4 is 0 Å². The maximum absolute atomic E-state index is 5.55. The number of rotatable bonds is 7. The summed E-state index contributed by atoms with van der Waals surface area (Å²) in [7, 11) is 0. The zero-order valence-electron chi connectivity index (χ0n) is 16.4. The highest BCUT2D eigenvalue weighted by molar-refractivity contribution is 5.44. The minimum absolute atomic E-state index is 0.328. The maximum atomic E-state index is 5.55. The van der Waals surface area contributed by atoms with E-state index in [4.69, 9.17) is 9.47 Å². The summed E-state index contributed by atoms with van der Waals surface area (Å²) < 4.78 is 13.2. The number of hydrogen-bond acceptors (Lipinski definition) is 5. The van der Waals surface area contributed by atoms with Crippen LogP contribution in [0, 0.1) is 5.92 Å². The summed E-state index contributed by atoms with van der Waals surface area (Å²) in [4.78, 5) is 5.06. The van der Waals surface area contributed by atoms with Crippen LogP contribution in [0.25, 0.3) is 0 Å². The molecule has 6 nitrogen and oxygen atoms in total. The summed E-state index contributed by atoms with van der Waals surface area (Å²) in [5, 5.41) is 4.56. The molecule has 27 heavy (non-hydrogen) atoms. The van der Waals surface area contributed by atoms with Gasteiger partial charge in [0.05, 0.1) is 5.69 Å². The van der Waals surface area contributed by atoms with Crippen LogP contribution in [0.5, 0.6) is 11.5 Å². The third kappa shape index (κ3) is 4.28. The van der Waals surface area contributed by atoms with Crippen LogP contribution in [0.2, 0.25) is 0 Å². The highest BCUT2D eigenvalue weighted by Gasteiger charge is 2.23. The minimum Gasteiger partial charge on any atom is -0.454 e. The Kier molecular flexibility index (Phi) is 5.64. The molecule has 2 aliphatic heterocycles. The quantitative estimate of drug-likeness (QED) is 0.750. The molecular formula is C21H30N4O2. The Bertz CT molecular complexity index is 756. The van der Waals surface area contributed by atoms with E-state index in [1.165, 1.54) is 17.7 Å². The Morgan fingerprint density at radius 2 is 1.96 bits per heavy atom. The molecule has 1 aromatic heterocycles. The van der Waals surface area contributed by atoms with Crippen molar-refractivity contribution in [2.24, 2.45) is 5.92 Å². The molecule has 1 atom stereocenters. The van der Waals surface area contributed by atoms with E-state index in [2.05, 4.69) is 51.6 Å². The van der Waals surface area contributed by atoms with Gasteiger partial charge in [-0.1, -0.05) is 19.9 Å². The van der Waals surface area contributed by atoms with Crippen LogP contribution in [-0.2, 0) is 19.6 Å². The molecule has 0 radical (unpaired) electrons. The van der Waals surface area contributed by atoms with Crippen molar-refractivity contribution in [2.45, 2.75) is 39.9 Å². The molecule has 0 unspecified atom stereocenters. The first-order valence-corrected chi connectivity index (χ1v) is 10.1. The number of benzene rings is 1. The van der Waals surface area contributed by atoms with Gasteiger partial charge in [0.25, 0.3) is 0 Å². The third-order valence-corrected chi connectivity index (χ3v) is 5.73. The van der Waals surface area contributed by atoms with Crippen molar-refractivity contribution in [3.8, 4) is 11.5 Å². The predicted molar refractivity (Wildman–Crippen MR) is 105 cm³/mol. The summed E-state index contributed by atoms with van der Waals surface area (Å²) in [6.45, 7) is 12.2. The summed E-state index contributed by atoms with van der Waals surface area (Å²) >= 11 is 0. The molecule has 4 rings (SSSR count). The lowest BCUT2D eigenvalue weighted by molar-refractivity contribution is 0.173. The van der Waals surface area contributed by atoms with E-state index in [-0.39, 0.29) is 0 Å². The van der Waals surface area contributed by atoms with Crippen molar-refractivity contribution < 1.29 is 9.47 Å². The largest absolute Gasteiger partial charge is 0.454 e. The molecule has 146 valence electrons. The number of hydrogen-bond donors (Lipinski definition) is 0. The van der Waals surface area contributed by atoms with Crippen molar-refractivity contribution in [3.05, 3.63) is 41.7 Å². The van der Waals surface area contributed by atoms with E-state index in [0.717, 1.165) is 57.3 Å². The SMILES string of the molecule is CCN(CC)CC[C@H]1CN(Cc2ccc3c(c2)OCO3)Cc2ccnn2C1. The molecule has 0 aliphatic carbocycles. The minimum atomic E-state index is 0.328. The van der Waals surface area contributed by atoms with Crippen molar-refractivity contribution in [2.75, 3.05) is 33.0 Å². The van der Waals surface area contributed by atoms with Gasteiger partial charge in [-0.05, 0) is 55.7 Å². The molecule has 6 heteroatoms. The first kappa shape index (κ1) is 18.3. The molecule has 0 saturated carbocycles. The van der Waals surface area contributed by atoms with Crippen LogP contribution in [0.15, 0.2) is 30.5 Å². The lowest BCUT2D eigenvalue weighted by atomic mass is 10.0. The second-order valence-corrected chi connectivity index (χ2v) is 7.54. The van der Waals surface area contributed by atoms with E-state index in [0.29, 0.717) is 12.7 Å². The number of ether oxygens (including phenoxy) is 2. The van der Waals surface area contributed by atoms with Gasteiger partial charge in [0.15, 0.2) is 11.5 Å². The van der Waals surface area contributed by atoms with Gasteiger partial charge >= 0.3 is 0 Å². The van der Waals surface area contributed by atoms with Crippen molar-refractivity contribution in [1.82, 2.24) is 19.6 Å². The third-order valence-electron chi connectivity index (χ3n) is 5.73. The first-order chi connectivity index (χ1) is 13.2. The van der Waals surface area contributed by atoms with Crippen molar-refractivity contribution in [1.29, 1.82) is 0 Å². The number of fused-ring (bicyclic) bond motifs is 2. The van der Waals surface area contributed by atoms with Crippen LogP contribution in [0.1, 0.15) is 31.5 Å². The van der Waals surface area contributed by atoms with Crippen LogP contribution in [0.4, 0.5) is 0 Å². The second kappa shape index (κ2) is 8.31. The molecule has 0 spiro atoms. The standard InChI is InChI=1S/C21H30N4O2/c1-3-23(4-2)10-8-18-13-24(15-19-7-9-22-25(19)14-18)12-17-5-6-20-21(11-17)27-16-26-20/h5-7,9,11,18H,3-4,8,10,12-16H2,1-2H3/t18-/m0/s1. The Balaban J connectivity index is 1.46. The molecule has 0 N–H and O–H groups in total. The first-order valence-electron chi connectivity index (χ1n) is 10.1. The molecule has 2 aliphatic rings. The van der Waals surface area contributed by atoms with E-state index < -0.39 is 0 Å². The fourth-order valence-corrected chi connectivity index (χ4v) is 4.13. The zero-order chi connectivity index (χ0) is 18.6. The monoisotopic (exact) mass is 370 g/mol. The Morgan fingerprint density at radius 1 is 1.11 bits per heavy atom. The van der Waals surface area contributed by atoms with Gasteiger partial charge < -0.3 is 14.4 Å². The Morgan fingerprint density at radius 3 is 2.81 bits per heavy atom. The van der Waals surface area contributed by atoms with Gasteiger partial charge in [-0.3, -0.25) is 9.58 Å². The van der Waals surface area contributed by atoms with Gasteiger partial charge in [-0.2, -0.15) is 5.10 Å². The number of aromatic nitrogens is 2. The van der Waals surface area contributed by atoms with Gasteiger partial charge in [0.1, 0.15) is 0 Å². The maximum Gasteiger partial charge on any atom is 0.231 e. The van der Waals surface area contributed by atoms with E-state index >= 15 is 0 Å². The van der Waals surface area contributed by atoms with Crippen LogP contribution in [-0.4, -0.2) is 52.6 Å². The molecule has 0 fully saturated rings. The van der Waals surface area contributed by atoms with E-state index in [1.54, 1.807) is 0 Å². The van der Waals surface area contributed by atoms with Gasteiger partial charge in [-0.15, -0.1) is 0 Å². The lowest BCUT2D eigenvalue weighted by Gasteiger charge is -2.26. The van der Waals surface area contributed by atoms with Gasteiger partial charge in [0.2, 0.25) is 6.79 Å². The van der Waals surface area contributed by atoms with E-state index in [1.807, 2.05) is 12.3 Å². The number of nitrogens with zero attached hydrogens (tertiary/aromatic N) is 4. The van der Waals surface area contributed by atoms with Crippen LogP contribution in [0.3, 0.4) is 0 Å². The Labute approximate surface area is 161 Å². The topological polar surface area (TPSA) is 42.8 Å². The summed E-state index contributed by atoms with van der Waals surface area (Å²) in [6, 6.07) is 8.45. The highest BCUT2D eigenvalue weighted by Crippen LogP contribution is 2.33. The summed E-state index contributed by atoms with van der Waals surface area (Å²) in [6.07, 6.45) is 3.14. The molecule has 2 aromatic rings.